The summed E-state index contributed by atoms with van der Waals surface area (Å²) < 4.78 is 1.71. The number of nitrogens with one attached hydrogen (secondary N) is 1. The van der Waals surface area contributed by atoms with Gasteiger partial charge in [0.15, 0.2) is 0 Å². The third kappa shape index (κ3) is 1.65. The molecule has 5 nitrogen and oxygen atoms in total. The predicted octanol–water partition coefficient (Wildman–Crippen LogP) is 0.977. The SMILES string of the molecule is CCC(C(=O)NN)n1ncc2ccccc21. The quantitative estimate of drug-likeness (QED) is 0.458. The van der Waals surface area contributed by atoms with Crippen LogP contribution in [0, 0.1) is 0 Å². The fourth-order valence-corrected chi connectivity index (χ4v) is 1.81. The summed E-state index contributed by atoms with van der Waals surface area (Å²) >= 11 is 0. The Labute approximate surface area is 93.2 Å². The van der Waals surface area contributed by atoms with E-state index < -0.39 is 0 Å². The van der Waals surface area contributed by atoms with Crippen LogP contribution in [0.4, 0.5) is 0 Å². The van der Waals surface area contributed by atoms with Crippen molar-refractivity contribution in [1.29, 1.82) is 0 Å². The lowest BCUT2D eigenvalue weighted by Crippen LogP contribution is -2.37. The van der Waals surface area contributed by atoms with Crippen molar-refractivity contribution in [2.45, 2.75) is 19.4 Å². The fourth-order valence-electron chi connectivity index (χ4n) is 1.81. The van der Waals surface area contributed by atoms with Crippen molar-refractivity contribution in [1.82, 2.24) is 15.2 Å². The van der Waals surface area contributed by atoms with Crippen LogP contribution in [0.3, 0.4) is 0 Å². The first-order valence-electron chi connectivity index (χ1n) is 5.20. The molecule has 0 spiro atoms. The molecule has 0 aliphatic rings. The van der Waals surface area contributed by atoms with Crippen LogP contribution < -0.4 is 11.3 Å². The number of hydrogen-bond donors (Lipinski definition) is 2. The van der Waals surface area contributed by atoms with E-state index in [0.29, 0.717) is 6.42 Å². The van der Waals surface area contributed by atoms with E-state index in [1.165, 1.54) is 0 Å². The normalized spacial score (nSPS) is 12.6. The van der Waals surface area contributed by atoms with Crippen LogP contribution in [0.5, 0.6) is 0 Å². The van der Waals surface area contributed by atoms with E-state index in [4.69, 9.17) is 5.84 Å². The van der Waals surface area contributed by atoms with Gasteiger partial charge < -0.3 is 0 Å². The third-order valence-corrected chi connectivity index (χ3v) is 2.63. The third-order valence-electron chi connectivity index (χ3n) is 2.63. The molecule has 0 radical (unpaired) electrons. The Balaban J connectivity index is 2.49. The van der Waals surface area contributed by atoms with Gasteiger partial charge in [-0.05, 0) is 12.5 Å². The van der Waals surface area contributed by atoms with Crippen molar-refractivity contribution in [2.24, 2.45) is 5.84 Å². The van der Waals surface area contributed by atoms with Gasteiger partial charge in [0.05, 0.1) is 11.7 Å². The minimum Gasteiger partial charge on any atom is -0.292 e. The average Bonchev–Trinajstić information content (AvgIpc) is 2.74. The Hall–Kier alpha value is -1.88. The van der Waals surface area contributed by atoms with Gasteiger partial charge in [0.2, 0.25) is 0 Å². The van der Waals surface area contributed by atoms with Crippen molar-refractivity contribution >= 4 is 16.8 Å². The number of nitrogens with zero attached hydrogens (tertiary/aromatic N) is 2. The summed E-state index contributed by atoms with van der Waals surface area (Å²) in [5.41, 5.74) is 3.11. The van der Waals surface area contributed by atoms with Crippen molar-refractivity contribution in [2.75, 3.05) is 0 Å². The first kappa shape index (κ1) is 10.6. The van der Waals surface area contributed by atoms with Crippen LogP contribution in [-0.4, -0.2) is 15.7 Å². The van der Waals surface area contributed by atoms with E-state index in [1.807, 2.05) is 31.2 Å². The summed E-state index contributed by atoms with van der Waals surface area (Å²) in [6, 6.07) is 7.41. The molecule has 1 aromatic carbocycles. The van der Waals surface area contributed by atoms with Gasteiger partial charge in [-0.25, -0.2) is 5.84 Å². The number of aromatic nitrogens is 2. The molecular weight excluding hydrogens is 204 g/mol. The topological polar surface area (TPSA) is 72.9 Å². The van der Waals surface area contributed by atoms with E-state index >= 15 is 0 Å². The van der Waals surface area contributed by atoms with Crippen LogP contribution in [0.2, 0.25) is 0 Å². The lowest BCUT2D eigenvalue weighted by atomic mass is 10.2. The maximum atomic E-state index is 11.6. The minimum absolute atomic E-state index is 0.226. The first-order valence-corrected chi connectivity index (χ1v) is 5.20. The molecule has 0 bridgehead atoms. The Bertz CT molecular complexity index is 505. The lowest BCUT2D eigenvalue weighted by molar-refractivity contribution is -0.124. The van der Waals surface area contributed by atoms with E-state index in [-0.39, 0.29) is 11.9 Å². The first-order chi connectivity index (χ1) is 7.77. The largest absolute Gasteiger partial charge is 0.292 e. The number of benzene rings is 1. The highest BCUT2D eigenvalue weighted by molar-refractivity contribution is 5.84. The molecule has 3 N–H and O–H groups in total. The second-order valence-electron chi connectivity index (χ2n) is 3.58. The Morgan fingerprint density at radius 2 is 2.31 bits per heavy atom. The molecule has 1 unspecified atom stereocenters. The van der Waals surface area contributed by atoms with Crippen molar-refractivity contribution < 1.29 is 4.79 Å². The average molecular weight is 218 g/mol. The highest BCUT2D eigenvalue weighted by atomic mass is 16.2. The van der Waals surface area contributed by atoms with Gasteiger partial charge in [-0.2, -0.15) is 5.10 Å². The molecule has 0 saturated heterocycles. The smallest absolute Gasteiger partial charge is 0.258 e. The van der Waals surface area contributed by atoms with Gasteiger partial charge in [-0.3, -0.25) is 14.9 Å². The van der Waals surface area contributed by atoms with Crippen molar-refractivity contribution in [3.8, 4) is 0 Å². The summed E-state index contributed by atoms with van der Waals surface area (Å²) in [5, 5.41) is 5.26. The number of hydrogen-bond acceptors (Lipinski definition) is 3. The fraction of sp³-hybridized carbons (Fsp3) is 0.273. The Morgan fingerprint density at radius 3 is 3.00 bits per heavy atom. The highest BCUT2D eigenvalue weighted by Gasteiger charge is 2.19. The molecular formula is C11H14N4O. The lowest BCUT2D eigenvalue weighted by Gasteiger charge is -2.14. The van der Waals surface area contributed by atoms with Gasteiger partial charge in [-0.1, -0.05) is 25.1 Å². The number of nitrogens with two attached hydrogens (primary N) is 1. The summed E-state index contributed by atoms with van der Waals surface area (Å²) in [5.74, 6) is 4.93. The van der Waals surface area contributed by atoms with Gasteiger partial charge in [0.1, 0.15) is 6.04 Å². The number of fused-ring (bicyclic) bond motifs is 1. The maximum Gasteiger partial charge on any atom is 0.258 e. The Morgan fingerprint density at radius 1 is 1.56 bits per heavy atom. The van der Waals surface area contributed by atoms with E-state index in [0.717, 1.165) is 10.9 Å². The summed E-state index contributed by atoms with van der Waals surface area (Å²) in [6.07, 6.45) is 2.40. The van der Waals surface area contributed by atoms with Gasteiger partial charge in [0, 0.05) is 5.39 Å². The molecule has 84 valence electrons. The molecule has 0 saturated carbocycles. The van der Waals surface area contributed by atoms with Crippen LogP contribution in [0.1, 0.15) is 19.4 Å². The molecule has 2 rings (SSSR count). The van der Waals surface area contributed by atoms with Crippen LogP contribution in [-0.2, 0) is 4.79 Å². The summed E-state index contributed by atoms with van der Waals surface area (Å²) in [6.45, 7) is 1.93. The van der Waals surface area contributed by atoms with Crippen molar-refractivity contribution in [3.05, 3.63) is 30.5 Å². The van der Waals surface area contributed by atoms with E-state index in [1.54, 1.807) is 10.9 Å². The zero-order valence-electron chi connectivity index (χ0n) is 9.05. The molecule has 5 heteroatoms. The standard InChI is InChI=1S/C11H14N4O/c1-2-9(11(16)14-12)15-10-6-4-3-5-8(10)7-13-15/h3-7,9H,2,12H2,1H3,(H,14,16). The molecule has 0 fully saturated rings. The summed E-state index contributed by atoms with van der Waals surface area (Å²) in [7, 11) is 0. The molecule has 1 heterocycles. The minimum atomic E-state index is -0.357. The molecule has 16 heavy (non-hydrogen) atoms. The number of amides is 1. The molecule has 1 aromatic heterocycles. The zero-order chi connectivity index (χ0) is 11.5. The van der Waals surface area contributed by atoms with E-state index in [9.17, 15) is 4.79 Å². The second kappa shape index (κ2) is 4.32. The van der Waals surface area contributed by atoms with E-state index in [2.05, 4.69) is 10.5 Å². The summed E-state index contributed by atoms with van der Waals surface area (Å²) in [4.78, 5) is 11.6. The molecule has 1 amide bonds. The Kier molecular flexibility index (Phi) is 2.87. The molecule has 0 aliphatic carbocycles. The van der Waals surface area contributed by atoms with Gasteiger partial charge in [0.25, 0.3) is 5.91 Å². The van der Waals surface area contributed by atoms with Gasteiger partial charge in [-0.15, -0.1) is 0 Å². The van der Waals surface area contributed by atoms with Crippen LogP contribution in [0.15, 0.2) is 30.5 Å². The number of carbonyl (C=O) groups is 1. The number of hydrazine groups is 1. The highest BCUT2D eigenvalue weighted by Crippen LogP contribution is 2.19. The van der Waals surface area contributed by atoms with Gasteiger partial charge >= 0.3 is 0 Å². The molecule has 1 atom stereocenters. The molecule has 0 aliphatic heterocycles. The van der Waals surface area contributed by atoms with Crippen LogP contribution in [0.25, 0.3) is 10.9 Å². The zero-order valence-corrected chi connectivity index (χ0v) is 9.05. The monoisotopic (exact) mass is 218 g/mol. The number of rotatable bonds is 3. The number of para-hydroxylation sites is 1. The van der Waals surface area contributed by atoms with Crippen molar-refractivity contribution in [3.63, 3.8) is 0 Å². The van der Waals surface area contributed by atoms with Crippen LogP contribution >= 0.6 is 0 Å². The molecule has 2 aromatic rings. The second-order valence-corrected chi connectivity index (χ2v) is 3.58. The maximum absolute atomic E-state index is 11.6. The predicted molar refractivity (Wildman–Crippen MR) is 61.4 cm³/mol. The number of carbonyl (C=O) groups excluding carboxylic acids is 1.